The number of anilines is 1. The number of rotatable bonds is 4. The molecule has 1 amide bonds. The van der Waals surface area contributed by atoms with Crippen LogP contribution in [0.2, 0.25) is 0 Å². The average Bonchev–Trinajstić information content (AvgIpc) is 2.61. The molecule has 22 heavy (non-hydrogen) atoms. The SMILES string of the molecule is O=C(C1=NCCCN1)N(Cc1ccccc1)c1ccccc1. The Morgan fingerprint density at radius 1 is 1.05 bits per heavy atom. The summed E-state index contributed by atoms with van der Waals surface area (Å²) in [6.45, 7) is 2.05. The number of para-hydroxylation sites is 1. The normalized spacial score (nSPS) is 13.9. The van der Waals surface area contributed by atoms with E-state index < -0.39 is 0 Å². The summed E-state index contributed by atoms with van der Waals surface area (Å²) < 4.78 is 0. The highest BCUT2D eigenvalue weighted by Crippen LogP contribution is 2.17. The van der Waals surface area contributed by atoms with Crippen molar-refractivity contribution in [3.63, 3.8) is 0 Å². The van der Waals surface area contributed by atoms with E-state index >= 15 is 0 Å². The first kappa shape index (κ1) is 14.3. The first-order valence-corrected chi connectivity index (χ1v) is 7.54. The van der Waals surface area contributed by atoms with Crippen LogP contribution >= 0.6 is 0 Å². The van der Waals surface area contributed by atoms with E-state index in [4.69, 9.17) is 0 Å². The molecular formula is C18H19N3O. The van der Waals surface area contributed by atoms with Crippen molar-refractivity contribution in [1.29, 1.82) is 0 Å². The van der Waals surface area contributed by atoms with E-state index in [1.54, 1.807) is 4.90 Å². The highest BCUT2D eigenvalue weighted by molar-refractivity contribution is 6.42. The molecule has 0 spiro atoms. The molecule has 4 nitrogen and oxygen atoms in total. The van der Waals surface area contributed by atoms with Gasteiger partial charge in [-0.2, -0.15) is 0 Å². The molecule has 0 bridgehead atoms. The molecule has 112 valence electrons. The predicted molar refractivity (Wildman–Crippen MR) is 89.0 cm³/mol. The minimum atomic E-state index is -0.0743. The quantitative estimate of drug-likeness (QED) is 0.942. The third-order valence-electron chi connectivity index (χ3n) is 3.60. The number of aliphatic imine (C=N–C) groups is 1. The van der Waals surface area contributed by atoms with Crippen LogP contribution in [-0.2, 0) is 11.3 Å². The lowest BCUT2D eigenvalue weighted by Crippen LogP contribution is -2.45. The van der Waals surface area contributed by atoms with Gasteiger partial charge in [0.15, 0.2) is 5.84 Å². The van der Waals surface area contributed by atoms with Crippen LogP contribution in [0.3, 0.4) is 0 Å². The molecule has 1 aliphatic heterocycles. The monoisotopic (exact) mass is 293 g/mol. The fourth-order valence-corrected chi connectivity index (χ4v) is 2.46. The van der Waals surface area contributed by atoms with Gasteiger partial charge in [0.05, 0.1) is 6.54 Å². The molecule has 0 unspecified atom stereocenters. The Labute approximate surface area is 130 Å². The number of carbonyl (C=O) groups excluding carboxylic acids is 1. The minimum absolute atomic E-state index is 0.0743. The molecule has 0 fully saturated rings. The number of carbonyl (C=O) groups is 1. The molecule has 0 radical (unpaired) electrons. The van der Waals surface area contributed by atoms with Crippen LogP contribution < -0.4 is 10.2 Å². The van der Waals surface area contributed by atoms with E-state index in [0.717, 1.165) is 24.2 Å². The van der Waals surface area contributed by atoms with Crippen LogP contribution in [0, 0.1) is 0 Å². The molecule has 0 aliphatic carbocycles. The van der Waals surface area contributed by atoms with Crippen LogP contribution in [-0.4, -0.2) is 24.8 Å². The number of nitrogens with one attached hydrogen (secondary N) is 1. The number of amides is 1. The maximum absolute atomic E-state index is 12.8. The van der Waals surface area contributed by atoms with Crippen molar-refractivity contribution in [2.45, 2.75) is 13.0 Å². The third-order valence-corrected chi connectivity index (χ3v) is 3.60. The van der Waals surface area contributed by atoms with Crippen LogP contribution in [0.15, 0.2) is 65.7 Å². The lowest BCUT2D eigenvalue weighted by atomic mass is 10.2. The van der Waals surface area contributed by atoms with E-state index in [1.165, 1.54) is 0 Å². The molecule has 2 aromatic carbocycles. The average molecular weight is 293 g/mol. The first-order valence-electron chi connectivity index (χ1n) is 7.54. The summed E-state index contributed by atoms with van der Waals surface area (Å²) in [4.78, 5) is 18.9. The minimum Gasteiger partial charge on any atom is -0.366 e. The van der Waals surface area contributed by atoms with Gasteiger partial charge >= 0.3 is 0 Å². The van der Waals surface area contributed by atoms with Crippen LogP contribution in [0.25, 0.3) is 0 Å². The molecule has 0 atom stereocenters. The third kappa shape index (κ3) is 3.34. The summed E-state index contributed by atoms with van der Waals surface area (Å²) >= 11 is 0. The van der Waals surface area contributed by atoms with Crippen LogP contribution in [0.5, 0.6) is 0 Å². The second-order valence-corrected chi connectivity index (χ2v) is 5.22. The summed E-state index contributed by atoms with van der Waals surface area (Å²) in [5.74, 6) is 0.390. The topological polar surface area (TPSA) is 44.7 Å². The van der Waals surface area contributed by atoms with Gasteiger partial charge in [-0.1, -0.05) is 48.5 Å². The van der Waals surface area contributed by atoms with Crippen molar-refractivity contribution in [3.05, 3.63) is 66.2 Å². The van der Waals surface area contributed by atoms with Crippen molar-refractivity contribution in [2.24, 2.45) is 4.99 Å². The fraction of sp³-hybridized carbons (Fsp3) is 0.222. The van der Waals surface area contributed by atoms with Crippen molar-refractivity contribution < 1.29 is 4.79 Å². The van der Waals surface area contributed by atoms with Crippen LogP contribution in [0.1, 0.15) is 12.0 Å². The molecule has 1 aliphatic rings. The predicted octanol–water partition coefficient (Wildman–Crippen LogP) is 2.61. The molecule has 4 heteroatoms. The Bertz CT molecular complexity index is 653. The molecule has 3 rings (SSSR count). The van der Waals surface area contributed by atoms with E-state index in [2.05, 4.69) is 10.3 Å². The second kappa shape index (κ2) is 6.89. The Balaban J connectivity index is 1.89. The van der Waals surface area contributed by atoms with Crippen molar-refractivity contribution in [3.8, 4) is 0 Å². The van der Waals surface area contributed by atoms with Crippen molar-refractivity contribution in [2.75, 3.05) is 18.0 Å². The summed E-state index contributed by atoms with van der Waals surface area (Å²) in [7, 11) is 0. The maximum atomic E-state index is 12.8. The smallest absolute Gasteiger partial charge is 0.293 e. The highest BCUT2D eigenvalue weighted by Gasteiger charge is 2.22. The maximum Gasteiger partial charge on any atom is 0.293 e. The van der Waals surface area contributed by atoms with Gasteiger partial charge < -0.3 is 10.2 Å². The Kier molecular flexibility index (Phi) is 4.49. The van der Waals surface area contributed by atoms with E-state index in [0.29, 0.717) is 18.9 Å². The number of nitrogens with zero attached hydrogens (tertiary/aromatic N) is 2. The Morgan fingerprint density at radius 3 is 2.36 bits per heavy atom. The van der Waals surface area contributed by atoms with E-state index in [1.807, 2.05) is 60.7 Å². The van der Waals surface area contributed by atoms with E-state index in [9.17, 15) is 4.79 Å². The Hall–Kier alpha value is -2.62. The molecule has 1 N–H and O–H groups in total. The second-order valence-electron chi connectivity index (χ2n) is 5.22. The summed E-state index contributed by atoms with van der Waals surface area (Å²) in [5, 5.41) is 3.11. The number of hydrogen-bond acceptors (Lipinski definition) is 3. The molecular weight excluding hydrogens is 274 g/mol. The van der Waals surface area contributed by atoms with Gasteiger partial charge in [-0.15, -0.1) is 0 Å². The lowest BCUT2D eigenvalue weighted by Gasteiger charge is -2.25. The summed E-state index contributed by atoms with van der Waals surface area (Å²) in [5.41, 5.74) is 1.97. The summed E-state index contributed by atoms with van der Waals surface area (Å²) in [6, 6.07) is 19.7. The van der Waals surface area contributed by atoms with Gasteiger partial charge in [-0.3, -0.25) is 9.79 Å². The van der Waals surface area contributed by atoms with Gasteiger partial charge in [0.2, 0.25) is 0 Å². The standard InChI is InChI=1S/C18H19N3O/c22-18(17-19-12-7-13-20-17)21(16-10-5-2-6-11-16)14-15-8-3-1-4-9-15/h1-6,8-11H,7,12-14H2,(H,19,20). The van der Waals surface area contributed by atoms with Gasteiger partial charge in [0, 0.05) is 18.8 Å². The van der Waals surface area contributed by atoms with Crippen molar-refractivity contribution >= 4 is 17.4 Å². The highest BCUT2D eigenvalue weighted by atomic mass is 16.2. The summed E-state index contributed by atoms with van der Waals surface area (Å²) in [6.07, 6.45) is 0.973. The zero-order valence-corrected chi connectivity index (χ0v) is 12.4. The molecule has 2 aromatic rings. The zero-order chi connectivity index (χ0) is 15.2. The fourth-order valence-electron chi connectivity index (χ4n) is 2.46. The number of hydrogen-bond donors (Lipinski definition) is 1. The van der Waals surface area contributed by atoms with Gasteiger partial charge in [0.25, 0.3) is 5.91 Å². The van der Waals surface area contributed by atoms with Gasteiger partial charge in [-0.05, 0) is 24.1 Å². The first-order chi connectivity index (χ1) is 10.8. The van der Waals surface area contributed by atoms with E-state index in [-0.39, 0.29) is 5.91 Å². The van der Waals surface area contributed by atoms with Crippen molar-refractivity contribution in [1.82, 2.24) is 5.32 Å². The molecule has 0 aromatic heterocycles. The molecule has 1 heterocycles. The lowest BCUT2D eigenvalue weighted by molar-refractivity contribution is -0.112. The van der Waals surface area contributed by atoms with Gasteiger partial charge in [-0.25, -0.2) is 0 Å². The molecule has 0 saturated heterocycles. The number of amidine groups is 1. The number of benzene rings is 2. The largest absolute Gasteiger partial charge is 0.366 e. The van der Waals surface area contributed by atoms with Crippen LogP contribution in [0.4, 0.5) is 5.69 Å². The molecule has 0 saturated carbocycles. The van der Waals surface area contributed by atoms with Gasteiger partial charge in [0.1, 0.15) is 0 Å². The Morgan fingerprint density at radius 2 is 1.73 bits per heavy atom. The zero-order valence-electron chi connectivity index (χ0n) is 12.4.